The van der Waals surface area contributed by atoms with Gasteiger partial charge in [-0.1, -0.05) is 0 Å². The van der Waals surface area contributed by atoms with Crippen molar-refractivity contribution in [2.24, 2.45) is 0 Å². The van der Waals surface area contributed by atoms with Crippen LogP contribution in [-0.4, -0.2) is 45.2 Å². The molecule has 0 saturated carbocycles. The standard InChI is InChI=1S/C7H11N3O.C4H4N2O/c1-10(4-5-11)7-6-8-2-3-9-7;7-4-5-2-1-3-6-4/h2-3,6,11H,4-5H2,1H3;1-3H,(H,5,6,7). The van der Waals surface area contributed by atoms with E-state index in [1.807, 2.05) is 11.9 Å². The Morgan fingerprint density at radius 1 is 1.33 bits per heavy atom. The third-order valence-electron chi connectivity index (χ3n) is 1.96. The molecule has 0 unspecified atom stereocenters. The number of aliphatic hydroxyl groups excluding tert-OH is 1. The number of aliphatic hydroxyl groups is 1. The monoisotopic (exact) mass is 249 g/mol. The van der Waals surface area contributed by atoms with Crippen LogP contribution in [0.25, 0.3) is 0 Å². The van der Waals surface area contributed by atoms with Gasteiger partial charge < -0.3 is 15.0 Å². The van der Waals surface area contributed by atoms with Crippen molar-refractivity contribution < 1.29 is 5.11 Å². The van der Waals surface area contributed by atoms with Crippen LogP contribution < -0.4 is 10.6 Å². The van der Waals surface area contributed by atoms with E-state index in [0.717, 1.165) is 5.82 Å². The van der Waals surface area contributed by atoms with Gasteiger partial charge in [0.05, 0.1) is 12.8 Å². The minimum absolute atomic E-state index is 0.132. The summed E-state index contributed by atoms with van der Waals surface area (Å²) in [6.45, 7) is 0.714. The summed E-state index contributed by atoms with van der Waals surface area (Å²) in [6.07, 6.45) is 7.89. The van der Waals surface area contributed by atoms with E-state index in [4.69, 9.17) is 5.11 Å². The molecule has 0 saturated heterocycles. The number of aromatic amines is 1. The Morgan fingerprint density at radius 3 is 2.61 bits per heavy atom. The minimum atomic E-state index is -0.303. The Hall–Kier alpha value is -2.28. The summed E-state index contributed by atoms with van der Waals surface area (Å²) in [6, 6.07) is 1.65. The van der Waals surface area contributed by atoms with E-state index >= 15 is 0 Å². The summed E-state index contributed by atoms with van der Waals surface area (Å²) in [5, 5.41) is 8.61. The summed E-state index contributed by atoms with van der Waals surface area (Å²) < 4.78 is 0. The van der Waals surface area contributed by atoms with Crippen molar-refractivity contribution in [2.45, 2.75) is 0 Å². The Kier molecular flexibility index (Phi) is 6.05. The number of nitrogens with zero attached hydrogens (tertiary/aromatic N) is 4. The molecule has 0 atom stereocenters. The van der Waals surface area contributed by atoms with Gasteiger partial charge in [-0.15, -0.1) is 0 Å². The molecule has 2 aromatic rings. The molecule has 7 nitrogen and oxygen atoms in total. The molecule has 0 aliphatic carbocycles. The summed E-state index contributed by atoms with van der Waals surface area (Å²) in [7, 11) is 1.86. The van der Waals surface area contributed by atoms with E-state index in [2.05, 4.69) is 19.9 Å². The van der Waals surface area contributed by atoms with Gasteiger partial charge in [-0.3, -0.25) is 4.98 Å². The Morgan fingerprint density at radius 2 is 2.17 bits per heavy atom. The molecule has 0 aliphatic heterocycles. The van der Waals surface area contributed by atoms with E-state index in [-0.39, 0.29) is 12.3 Å². The highest BCUT2D eigenvalue weighted by molar-refractivity contribution is 5.33. The van der Waals surface area contributed by atoms with Crippen molar-refractivity contribution in [1.82, 2.24) is 19.9 Å². The molecule has 7 heteroatoms. The van der Waals surface area contributed by atoms with Crippen LogP contribution in [0.4, 0.5) is 5.82 Å². The third kappa shape index (κ3) is 5.17. The number of rotatable bonds is 3. The van der Waals surface area contributed by atoms with Crippen LogP contribution in [0.2, 0.25) is 0 Å². The number of H-pyrrole nitrogens is 1. The number of aromatic nitrogens is 4. The lowest BCUT2D eigenvalue weighted by Gasteiger charge is -2.14. The molecule has 96 valence electrons. The van der Waals surface area contributed by atoms with Gasteiger partial charge in [-0.25, -0.2) is 14.8 Å². The van der Waals surface area contributed by atoms with E-state index in [1.54, 1.807) is 24.7 Å². The fraction of sp³-hybridized carbons (Fsp3) is 0.273. The lowest BCUT2D eigenvalue weighted by Crippen LogP contribution is -2.22. The summed E-state index contributed by atoms with van der Waals surface area (Å²) in [5.74, 6) is 0.779. The summed E-state index contributed by atoms with van der Waals surface area (Å²) in [5.41, 5.74) is -0.303. The number of nitrogens with one attached hydrogen (secondary N) is 1. The molecule has 18 heavy (non-hydrogen) atoms. The molecule has 0 aliphatic rings. The molecular formula is C11H15N5O2. The quantitative estimate of drug-likeness (QED) is 0.773. The maximum absolute atomic E-state index is 10.1. The van der Waals surface area contributed by atoms with Crippen molar-refractivity contribution in [2.75, 3.05) is 25.1 Å². The van der Waals surface area contributed by atoms with Crippen molar-refractivity contribution >= 4 is 5.82 Å². The number of hydrogen-bond acceptors (Lipinski definition) is 6. The molecule has 2 heterocycles. The smallest absolute Gasteiger partial charge is 0.344 e. The van der Waals surface area contributed by atoms with Crippen LogP contribution in [0.15, 0.2) is 41.8 Å². The van der Waals surface area contributed by atoms with Gasteiger partial charge in [-0.05, 0) is 6.07 Å². The van der Waals surface area contributed by atoms with Crippen LogP contribution in [0.1, 0.15) is 0 Å². The van der Waals surface area contributed by atoms with E-state index in [1.165, 1.54) is 12.4 Å². The van der Waals surface area contributed by atoms with Gasteiger partial charge in [0, 0.05) is 38.4 Å². The predicted molar refractivity (Wildman–Crippen MR) is 67.2 cm³/mol. The highest BCUT2D eigenvalue weighted by Gasteiger charge is 1.98. The second kappa shape index (κ2) is 7.91. The summed E-state index contributed by atoms with van der Waals surface area (Å²) >= 11 is 0. The molecule has 0 radical (unpaired) electrons. The largest absolute Gasteiger partial charge is 0.395 e. The number of hydrogen-bond donors (Lipinski definition) is 2. The fourth-order valence-electron chi connectivity index (χ4n) is 1.06. The summed E-state index contributed by atoms with van der Waals surface area (Å²) in [4.78, 5) is 25.6. The maximum Gasteiger partial charge on any atom is 0.344 e. The van der Waals surface area contributed by atoms with Crippen molar-refractivity contribution in [3.8, 4) is 0 Å². The predicted octanol–water partition coefficient (Wildman–Crippen LogP) is -0.325. The van der Waals surface area contributed by atoms with Crippen molar-refractivity contribution in [3.63, 3.8) is 0 Å². The van der Waals surface area contributed by atoms with Crippen LogP contribution >= 0.6 is 0 Å². The van der Waals surface area contributed by atoms with Gasteiger partial charge in [0.15, 0.2) is 0 Å². The fourth-order valence-corrected chi connectivity index (χ4v) is 1.06. The molecule has 0 bridgehead atoms. The molecular weight excluding hydrogens is 234 g/mol. The molecule has 0 aromatic carbocycles. The van der Waals surface area contributed by atoms with E-state index < -0.39 is 0 Å². The van der Waals surface area contributed by atoms with Gasteiger partial charge in [0.1, 0.15) is 5.82 Å². The molecule has 0 spiro atoms. The SMILES string of the molecule is CN(CCO)c1cnccn1.O=c1nccc[nH]1. The average molecular weight is 249 g/mol. The molecule has 0 fully saturated rings. The van der Waals surface area contributed by atoms with Crippen LogP contribution in [-0.2, 0) is 0 Å². The van der Waals surface area contributed by atoms with Gasteiger partial charge >= 0.3 is 5.69 Å². The lowest BCUT2D eigenvalue weighted by atomic mass is 10.5. The number of anilines is 1. The van der Waals surface area contributed by atoms with Crippen molar-refractivity contribution in [3.05, 3.63) is 47.5 Å². The second-order valence-electron chi connectivity index (χ2n) is 3.30. The molecule has 0 amide bonds. The van der Waals surface area contributed by atoms with Crippen LogP contribution in [0.5, 0.6) is 0 Å². The zero-order valence-corrected chi connectivity index (χ0v) is 10.0. The first-order chi connectivity index (χ1) is 8.74. The first-order valence-corrected chi connectivity index (χ1v) is 5.31. The number of likely N-dealkylation sites (N-methyl/N-ethyl adjacent to an activating group) is 1. The Bertz CT molecular complexity index is 471. The highest BCUT2D eigenvalue weighted by atomic mass is 16.3. The van der Waals surface area contributed by atoms with Gasteiger partial charge in [-0.2, -0.15) is 0 Å². The van der Waals surface area contributed by atoms with E-state index in [9.17, 15) is 4.79 Å². The zero-order chi connectivity index (χ0) is 13.2. The van der Waals surface area contributed by atoms with Crippen LogP contribution in [0, 0.1) is 0 Å². The molecule has 2 aromatic heterocycles. The second-order valence-corrected chi connectivity index (χ2v) is 3.30. The Balaban J connectivity index is 0.000000199. The third-order valence-corrected chi connectivity index (χ3v) is 1.96. The maximum atomic E-state index is 10.1. The lowest BCUT2D eigenvalue weighted by molar-refractivity contribution is 0.304. The average Bonchev–Trinajstić information content (AvgIpc) is 2.42. The normalized spacial score (nSPS) is 9.22. The van der Waals surface area contributed by atoms with Gasteiger partial charge in [0.2, 0.25) is 0 Å². The first-order valence-electron chi connectivity index (χ1n) is 5.31. The van der Waals surface area contributed by atoms with Gasteiger partial charge in [0.25, 0.3) is 0 Å². The topological polar surface area (TPSA) is 95.0 Å². The molecule has 2 rings (SSSR count). The van der Waals surface area contributed by atoms with Crippen molar-refractivity contribution in [1.29, 1.82) is 0 Å². The Labute approximate surface area is 104 Å². The van der Waals surface area contributed by atoms with E-state index in [0.29, 0.717) is 6.54 Å². The first kappa shape index (κ1) is 13.8. The van der Waals surface area contributed by atoms with Crippen LogP contribution in [0.3, 0.4) is 0 Å². The highest BCUT2D eigenvalue weighted by Crippen LogP contribution is 2.02. The molecule has 2 N–H and O–H groups in total. The minimum Gasteiger partial charge on any atom is -0.395 e. The zero-order valence-electron chi connectivity index (χ0n) is 10.0.